The van der Waals surface area contributed by atoms with Crippen molar-refractivity contribution in [2.24, 2.45) is 0 Å². The molecule has 2 heterocycles. The molecule has 0 unspecified atom stereocenters. The molecule has 2 aliphatic rings. The number of benzene rings is 1. The third kappa shape index (κ3) is 7.03. The maximum atomic E-state index is 12.1. The van der Waals surface area contributed by atoms with Crippen molar-refractivity contribution < 1.29 is 23.1 Å². The van der Waals surface area contributed by atoms with Crippen LogP contribution in [0, 0.1) is 0 Å². The van der Waals surface area contributed by atoms with Gasteiger partial charge in [-0.15, -0.1) is 0 Å². The van der Waals surface area contributed by atoms with Gasteiger partial charge in [0.15, 0.2) is 0 Å². The van der Waals surface area contributed by atoms with Gasteiger partial charge in [0.1, 0.15) is 0 Å². The Hall–Kier alpha value is -1.92. The summed E-state index contributed by atoms with van der Waals surface area (Å²) in [7, 11) is 1.30. The maximum absolute atomic E-state index is 12.1. The molecule has 0 saturated carbocycles. The summed E-state index contributed by atoms with van der Waals surface area (Å²) in [4.78, 5) is 18.9. The number of ether oxygens (including phenoxy) is 1. The van der Waals surface area contributed by atoms with Crippen LogP contribution >= 0.6 is 0 Å². The first-order chi connectivity index (χ1) is 15.7. The molecule has 186 valence electrons. The molecule has 0 spiro atoms. The van der Waals surface area contributed by atoms with Crippen LogP contribution in [-0.4, -0.2) is 113 Å². The van der Waals surface area contributed by atoms with E-state index in [1.807, 2.05) is 0 Å². The molecule has 0 aliphatic carbocycles. The molecular formula is C22H37N5O5S. The predicted molar refractivity (Wildman–Crippen MR) is 129 cm³/mol. The van der Waals surface area contributed by atoms with Gasteiger partial charge in [0.25, 0.3) is 0 Å². The van der Waals surface area contributed by atoms with E-state index in [9.17, 15) is 18.3 Å². The Labute approximate surface area is 197 Å². The molecule has 33 heavy (non-hydrogen) atoms. The summed E-state index contributed by atoms with van der Waals surface area (Å²) in [6.45, 7) is 7.36. The van der Waals surface area contributed by atoms with Crippen LogP contribution in [0.25, 0.3) is 0 Å². The molecule has 1 aromatic rings. The van der Waals surface area contributed by atoms with Crippen molar-refractivity contribution in [2.75, 3.05) is 83.2 Å². The van der Waals surface area contributed by atoms with E-state index in [0.717, 1.165) is 76.0 Å². The van der Waals surface area contributed by atoms with Gasteiger partial charge in [-0.3, -0.25) is 9.62 Å². The van der Waals surface area contributed by atoms with E-state index < -0.39 is 16.2 Å². The Bertz CT molecular complexity index is 896. The fourth-order valence-electron chi connectivity index (χ4n) is 4.39. The Morgan fingerprint density at radius 3 is 2.42 bits per heavy atom. The Kier molecular flexibility index (Phi) is 8.94. The van der Waals surface area contributed by atoms with Gasteiger partial charge in [-0.05, 0) is 57.6 Å². The number of hydrogen-bond donors (Lipinski definition) is 2. The number of piperidine rings is 1. The van der Waals surface area contributed by atoms with Gasteiger partial charge in [0.2, 0.25) is 0 Å². The number of hydrogen-bond acceptors (Lipinski definition) is 7. The molecule has 11 heteroatoms. The number of carboxylic acids is 1. The molecule has 2 saturated heterocycles. The van der Waals surface area contributed by atoms with E-state index in [1.165, 1.54) is 20.2 Å². The largest absolute Gasteiger partial charge is 0.478 e. The van der Waals surface area contributed by atoms with Crippen LogP contribution < -0.4 is 9.62 Å². The maximum Gasteiger partial charge on any atom is 0.337 e. The Balaban J connectivity index is 1.55. The Morgan fingerprint density at radius 1 is 1.15 bits per heavy atom. The lowest BCUT2D eigenvalue weighted by Crippen LogP contribution is -2.45. The smallest absolute Gasteiger partial charge is 0.337 e. The quantitative estimate of drug-likeness (QED) is 0.512. The minimum Gasteiger partial charge on any atom is -0.478 e. The van der Waals surface area contributed by atoms with E-state index in [2.05, 4.69) is 26.5 Å². The monoisotopic (exact) mass is 483 g/mol. The van der Waals surface area contributed by atoms with Gasteiger partial charge in [-0.25, -0.2) is 4.79 Å². The first-order valence-electron chi connectivity index (χ1n) is 11.5. The summed E-state index contributed by atoms with van der Waals surface area (Å²) in [5.41, 5.74) is 0.967. The fourth-order valence-corrected chi connectivity index (χ4v) is 4.99. The van der Waals surface area contributed by atoms with Gasteiger partial charge in [-0.1, -0.05) is 0 Å². The van der Waals surface area contributed by atoms with E-state index in [-0.39, 0.29) is 11.3 Å². The van der Waals surface area contributed by atoms with Crippen LogP contribution in [0.2, 0.25) is 0 Å². The van der Waals surface area contributed by atoms with Gasteiger partial charge >= 0.3 is 16.2 Å². The van der Waals surface area contributed by atoms with E-state index in [0.29, 0.717) is 11.7 Å². The zero-order chi connectivity index (χ0) is 24.0. The highest BCUT2D eigenvalue weighted by atomic mass is 32.2. The number of aromatic carboxylic acids is 1. The van der Waals surface area contributed by atoms with Crippen molar-refractivity contribution in [1.29, 1.82) is 0 Å². The number of rotatable bonds is 10. The molecule has 0 bridgehead atoms. The minimum absolute atomic E-state index is 0.103. The van der Waals surface area contributed by atoms with Gasteiger partial charge in [-0.2, -0.15) is 12.7 Å². The van der Waals surface area contributed by atoms with Crippen molar-refractivity contribution in [3.63, 3.8) is 0 Å². The topological polar surface area (TPSA) is 106 Å². The molecule has 1 aromatic carbocycles. The SMILES string of the molecule is CN(CCCN1CCOCC1)C1CCN(c2ccc(NS(=O)(=O)N(C)C)cc2C(=O)O)CC1. The number of anilines is 2. The zero-order valence-electron chi connectivity index (χ0n) is 19.9. The van der Waals surface area contributed by atoms with Crippen molar-refractivity contribution >= 4 is 27.6 Å². The molecule has 2 N–H and O–H groups in total. The first-order valence-corrected chi connectivity index (χ1v) is 12.9. The zero-order valence-corrected chi connectivity index (χ0v) is 20.7. The highest BCUT2D eigenvalue weighted by Gasteiger charge is 2.26. The van der Waals surface area contributed by atoms with Crippen LogP contribution in [0.4, 0.5) is 11.4 Å². The van der Waals surface area contributed by atoms with Crippen LogP contribution in [0.1, 0.15) is 29.6 Å². The lowest BCUT2D eigenvalue weighted by Gasteiger charge is -2.38. The number of morpholine rings is 1. The minimum atomic E-state index is -3.70. The van der Waals surface area contributed by atoms with Crippen LogP contribution in [0.3, 0.4) is 0 Å². The molecule has 0 amide bonds. The summed E-state index contributed by atoms with van der Waals surface area (Å²) in [6, 6.07) is 5.18. The summed E-state index contributed by atoms with van der Waals surface area (Å²) in [5.74, 6) is -1.07. The van der Waals surface area contributed by atoms with Crippen molar-refractivity contribution in [3.05, 3.63) is 23.8 Å². The normalized spacial score (nSPS) is 18.8. The lowest BCUT2D eigenvalue weighted by molar-refractivity contribution is 0.0357. The molecule has 0 aromatic heterocycles. The number of carboxylic acid groups (broad SMARTS) is 1. The van der Waals surface area contributed by atoms with E-state index >= 15 is 0 Å². The van der Waals surface area contributed by atoms with Gasteiger partial charge in [0, 0.05) is 46.3 Å². The second kappa shape index (κ2) is 11.5. The van der Waals surface area contributed by atoms with Crippen molar-refractivity contribution in [2.45, 2.75) is 25.3 Å². The molecule has 2 fully saturated rings. The van der Waals surface area contributed by atoms with Crippen molar-refractivity contribution in [1.82, 2.24) is 14.1 Å². The standard InChI is InChI=1S/C22H37N5O5S/c1-24(2)33(30,31)23-18-5-6-21(20(17-18)22(28)29)27-11-7-19(8-12-27)25(3)9-4-10-26-13-15-32-16-14-26/h5-6,17,19,23H,4,7-16H2,1-3H3,(H,28,29). The average Bonchev–Trinajstić information content (AvgIpc) is 2.79. The fraction of sp³-hybridized carbons (Fsp3) is 0.682. The highest BCUT2D eigenvalue weighted by molar-refractivity contribution is 7.90. The van der Waals surface area contributed by atoms with Crippen LogP contribution in [0.5, 0.6) is 0 Å². The predicted octanol–water partition coefficient (Wildman–Crippen LogP) is 1.23. The van der Waals surface area contributed by atoms with E-state index in [1.54, 1.807) is 12.1 Å². The molecule has 3 rings (SSSR count). The number of carbonyl (C=O) groups is 1. The highest BCUT2D eigenvalue weighted by Crippen LogP contribution is 2.29. The third-order valence-corrected chi connectivity index (χ3v) is 7.93. The molecule has 10 nitrogen and oxygen atoms in total. The first kappa shape index (κ1) is 25.7. The lowest BCUT2D eigenvalue weighted by atomic mass is 10.0. The van der Waals surface area contributed by atoms with Gasteiger partial charge < -0.3 is 19.6 Å². The molecular weight excluding hydrogens is 446 g/mol. The summed E-state index contributed by atoms with van der Waals surface area (Å²) in [5, 5.41) is 9.74. The number of nitrogens with zero attached hydrogens (tertiary/aromatic N) is 4. The van der Waals surface area contributed by atoms with Crippen molar-refractivity contribution in [3.8, 4) is 0 Å². The van der Waals surface area contributed by atoms with Gasteiger partial charge in [0.05, 0.1) is 30.2 Å². The summed E-state index contributed by atoms with van der Waals surface area (Å²) in [6.07, 6.45) is 3.05. The molecule has 0 radical (unpaired) electrons. The summed E-state index contributed by atoms with van der Waals surface area (Å²) >= 11 is 0. The van der Waals surface area contributed by atoms with Crippen LogP contribution in [0.15, 0.2) is 18.2 Å². The second-order valence-electron chi connectivity index (χ2n) is 8.93. The molecule has 0 atom stereocenters. The van der Waals surface area contributed by atoms with Crippen LogP contribution in [-0.2, 0) is 14.9 Å². The average molecular weight is 484 g/mol. The van der Waals surface area contributed by atoms with E-state index in [4.69, 9.17) is 4.74 Å². The summed E-state index contributed by atoms with van der Waals surface area (Å²) < 4.78 is 33.0. The Morgan fingerprint density at radius 2 is 1.82 bits per heavy atom. The molecule has 2 aliphatic heterocycles. The second-order valence-corrected chi connectivity index (χ2v) is 10.8. The third-order valence-electron chi connectivity index (χ3n) is 6.47. The number of nitrogens with one attached hydrogen (secondary N) is 1.